The van der Waals surface area contributed by atoms with E-state index in [1.807, 2.05) is 24.3 Å². The number of piperidine rings is 1. The first-order valence-corrected chi connectivity index (χ1v) is 7.40. The Morgan fingerprint density at radius 1 is 1.52 bits per heavy atom. The van der Waals surface area contributed by atoms with E-state index in [0.717, 1.165) is 24.9 Å². The molecule has 2 rings (SSSR count). The summed E-state index contributed by atoms with van der Waals surface area (Å²) in [5.41, 5.74) is 6.85. The van der Waals surface area contributed by atoms with Gasteiger partial charge in [-0.1, -0.05) is 17.9 Å². The molecular weight excluding hydrogens is 262 g/mol. The second-order valence-corrected chi connectivity index (χ2v) is 5.61. The number of carbonyl (C=O) groups excluding carboxylic acids is 1. The maximum absolute atomic E-state index is 12.3. The number of amides is 1. The van der Waals surface area contributed by atoms with E-state index in [9.17, 15) is 4.79 Å². The van der Waals surface area contributed by atoms with Gasteiger partial charge in [0.15, 0.2) is 0 Å². The fourth-order valence-corrected chi connectivity index (χ4v) is 2.58. The van der Waals surface area contributed by atoms with Crippen molar-refractivity contribution in [2.75, 3.05) is 20.1 Å². The highest BCUT2D eigenvalue weighted by molar-refractivity contribution is 5.94. The third-order valence-corrected chi connectivity index (χ3v) is 4.00. The van der Waals surface area contributed by atoms with Gasteiger partial charge in [0.25, 0.3) is 5.91 Å². The molecule has 4 heteroatoms. The van der Waals surface area contributed by atoms with E-state index in [1.165, 1.54) is 0 Å². The molecule has 1 fully saturated rings. The first-order valence-electron chi connectivity index (χ1n) is 7.40. The van der Waals surface area contributed by atoms with Gasteiger partial charge < -0.3 is 16.0 Å². The smallest absolute Gasteiger partial charge is 0.251 e. The molecule has 1 heterocycles. The molecular formula is C17H23N3O. The summed E-state index contributed by atoms with van der Waals surface area (Å²) in [4.78, 5) is 14.7. The van der Waals surface area contributed by atoms with Crippen LogP contribution in [0.3, 0.4) is 0 Å². The van der Waals surface area contributed by atoms with Gasteiger partial charge in [-0.25, -0.2) is 0 Å². The number of nitrogens with zero attached hydrogens (tertiary/aromatic N) is 1. The SMILES string of the molecule is CC1CC(NC(=O)c2cccc(C#CCN)c2)CCN1C. The summed E-state index contributed by atoms with van der Waals surface area (Å²) >= 11 is 0. The van der Waals surface area contributed by atoms with Crippen LogP contribution < -0.4 is 11.1 Å². The van der Waals surface area contributed by atoms with Crippen LogP contribution in [0.1, 0.15) is 35.7 Å². The van der Waals surface area contributed by atoms with Gasteiger partial charge in [0.1, 0.15) is 0 Å². The summed E-state index contributed by atoms with van der Waals surface area (Å²) in [6.45, 7) is 3.54. The Bertz CT molecular complexity index is 559. The standard InChI is InChI=1S/C17H23N3O/c1-13-11-16(8-10-20(13)2)19-17(21)15-7-3-5-14(12-15)6-4-9-18/h3,5,7,12-13,16H,8-11,18H2,1-2H3,(H,19,21). The van der Waals surface area contributed by atoms with Crippen molar-refractivity contribution in [2.45, 2.75) is 31.8 Å². The zero-order valence-electron chi connectivity index (χ0n) is 12.7. The Morgan fingerprint density at radius 2 is 2.33 bits per heavy atom. The van der Waals surface area contributed by atoms with Crippen molar-refractivity contribution in [3.8, 4) is 11.8 Å². The highest BCUT2D eigenvalue weighted by Gasteiger charge is 2.24. The maximum Gasteiger partial charge on any atom is 0.251 e. The van der Waals surface area contributed by atoms with E-state index in [1.54, 1.807) is 0 Å². The van der Waals surface area contributed by atoms with E-state index in [0.29, 0.717) is 18.2 Å². The van der Waals surface area contributed by atoms with Gasteiger partial charge in [-0.2, -0.15) is 0 Å². The van der Waals surface area contributed by atoms with E-state index in [2.05, 4.69) is 36.0 Å². The van der Waals surface area contributed by atoms with E-state index >= 15 is 0 Å². The van der Waals surface area contributed by atoms with Gasteiger partial charge in [-0.15, -0.1) is 0 Å². The van der Waals surface area contributed by atoms with Crippen LogP contribution in [0.25, 0.3) is 0 Å². The Balaban J connectivity index is 2.00. The molecule has 0 spiro atoms. The lowest BCUT2D eigenvalue weighted by molar-refractivity contribution is 0.0896. The zero-order chi connectivity index (χ0) is 15.2. The van der Waals surface area contributed by atoms with Crippen LogP contribution in [0.5, 0.6) is 0 Å². The average Bonchev–Trinajstić information content (AvgIpc) is 2.49. The zero-order valence-corrected chi connectivity index (χ0v) is 12.7. The molecule has 1 aromatic rings. The van der Waals surface area contributed by atoms with E-state index in [-0.39, 0.29) is 11.9 Å². The molecule has 1 saturated heterocycles. The quantitative estimate of drug-likeness (QED) is 0.803. The Hall–Kier alpha value is -1.83. The van der Waals surface area contributed by atoms with Gasteiger partial charge in [-0.3, -0.25) is 4.79 Å². The summed E-state index contributed by atoms with van der Waals surface area (Å²) in [6, 6.07) is 8.13. The van der Waals surface area contributed by atoms with Crippen molar-refractivity contribution in [2.24, 2.45) is 5.73 Å². The minimum atomic E-state index is -0.0202. The first-order chi connectivity index (χ1) is 10.1. The lowest BCUT2D eigenvalue weighted by Crippen LogP contribution is -2.47. The molecule has 2 atom stereocenters. The minimum Gasteiger partial charge on any atom is -0.349 e. The summed E-state index contributed by atoms with van der Waals surface area (Å²) in [5.74, 6) is 5.74. The van der Waals surface area contributed by atoms with Gasteiger partial charge in [0.05, 0.1) is 6.54 Å². The third kappa shape index (κ3) is 4.32. The molecule has 0 bridgehead atoms. The van der Waals surface area contributed by atoms with Crippen LogP contribution in [-0.4, -0.2) is 43.0 Å². The van der Waals surface area contributed by atoms with Crippen LogP contribution in [0.15, 0.2) is 24.3 Å². The Labute approximate surface area is 126 Å². The summed E-state index contributed by atoms with van der Waals surface area (Å²) in [6.07, 6.45) is 1.99. The number of benzene rings is 1. The third-order valence-electron chi connectivity index (χ3n) is 4.00. The largest absolute Gasteiger partial charge is 0.349 e. The Kier molecular flexibility index (Phi) is 5.38. The number of carbonyl (C=O) groups is 1. The van der Waals surface area contributed by atoms with E-state index < -0.39 is 0 Å². The number of hydrogen-bond acceptors (Lipinski definition) is 3. The van der Waals surface area contributed by atoms with Gasteiger partial charge in [-0.05, 0) is 45.0 Å². The van der Waals surface area contributed by atoms with Crippen LogP contribution >= 0.6 is 0 Å². The van der Waals surface area contributed by atoms with Crippen molar-refractivity contribution < 1.29 is 4.79 Å². The number of hydrogen-bond donors (Lipinski definition) is 2. The fraction of sp³-hybridized carbons (Fsp3) is 0.471. The van der Waals surface area contributed by atoms with Gasteiger partial charge >= 0.3 is 0 Å². The molecule has 1 amide bonds. The number of likely N-dealkylation sites (tertiary alicyclic amines) is 1. The molecule has 1 aromatic carbocycles. The fourth-order valence-electron chi connectivity index (χ4n) is 2.58. The van der Waals surface area contributed by atoms with Crippen LogP contribution in [0.4, 0.5) is 0 Å². The predicted molar refractivity (Wildman–Crippen MR) is 85.0 cm³/mol. The molecule has 2 unspecified atom stereocenters. The van der Waals surface area contributed by atoms with Crippen LogP contribution in [0, 0.1) is 11.8 Å². The maximum atomic E-state index is 12.3. The van der Waals surface area contributed by atoms with Crippen molar-refractivity contribution in [1.29, 1.82) is 0 Å². The lowest BCUT2D eigenvalue weighted by Gasteiger charge is -2.35. The average molecular weight is 285 g/mol. The van der Waals surface area contributed by atoms with Crippen molar-refractivity contribution >= 4 is 5.91 Å². The van der Waals surface area contributed by atoms with E-state index in [4.69, 9.17) is 5.73 Å². The molecule has 0 saturated carbocycles. The van der Waals surface area contributed by atoms with Crippen LogP contribution in [0.2, 0.25) is 0 Å². The lowest BCUT2D eigenvalue weighted by atomic mass is 9.98. The number of nitrogens with two attached hydrogens (primary N) is 1. The molecule has 3 N–H and O–H groups in total. The number of nitrogens with one attached hydrogen (secondary N) is 1. The molecule has 4 nitrogen and oxygen atoms in total. The Morgan fingerprint density at radius 3 is 3.05 bits per heavy atom. The molecule has 1 aliphatic rings. The molecule has 1 aliphatic heterocycles. The molecule has 0 radical (unpaired) electrons. The number of rotatable bonds is 2. The van der Waals surface area contributed by atoms with Crippen LogP contribution in [-0.2, 0) is 0 Å². The molecule has 0 aliphatic carbocycles. The van der Waals surface area contributed by atoms with Gasteiger partial charge in [0.2, 0.25) is 0 Å². The van der Waals surface area contributed by atoms with Gasteiger partial charge in [0, 0.05) is 29.8 Å². The monoisotopic (exact) mass is 285 g/mol. The highest BCUT2D eigenvalue weighted by atomic mass is 16.1. The molecule has 21 heavy (non-hydrogen) atoms. The van der Waals surface area contributed by atoms with Crippen molar-refractivity contribution in [1.82, 2.24) is 10.2 Å². The normalized spacial score (nSPS) is 22.2. The molecule has 112 valence electrons. The predicted octanol–water partition coefficient (Wildman–Crippen LogP) is 1.21. The molecule has 0 aromatic heterocycles. The first kappa shape index (κ1) is 15.6. The summed E-state index contributed by atoms with van der Waals surface area (Å²) in [7, 11) is 2.13. The highest BCUT2D eigenvalue weighted by Crippen LogP contribution is 2.16. The summed E-state index contributed by atoms with van der Waals surface area (Å²) in [5, 5.41) is 3.13. The topological polar surface area (TPSA) is 58.4 Å². The van der Waals surface area contributed by atoms with Crippen molar-refractivity contribution in [3.05, 3.63) is 35.4 Å². The van der Waals surface area contributed by atoms with Crippen molar-refractivity contribution in [3.63, 3.8) is 0 Å². The summed E-state index contributed by atoms with van der Waals surface area (Å²) < 4.78 is 0. The minimum absolute atomic E-state index is 0.0202. The second-order valence-electron chi connectivity index (χ2n) is 5.61. The second kappa shape index (κ2) is 7.26.